The molecule has 0 radical (unpaired) electrons. The van der Waals surface area contributed by atoms with E-state index in [1.54, 1.807) is 12.4 Å². The monoisotopic (exact) mass is 250 g/mol. The third kappa shape index (κ3) is 2.66. The molecule has 3 N–H and O–H groups in total. The molecule has 2 rings (SSSR count). The molecule has 0 amide bonds. The van der Waals surface area contributed by atoms with Crippen molar-refractivity contribution < 1.29 is 8.78 Å². The third-order valence-electron chi connectivity index (χ3n) is 2.65. The van der Waals surface area contributed by atoms with Crippen LogP contribution in [0.3, 0.4) is 0 Å². The van der Waals surface area contributed by atoms with E-state index >= 15 is 0 Å². The maximum absolute atomic E-state index is 13.5. The summed E-state index contributed by atoms with van der Waals surface area (Å²) in [4.78, 5) is 7.69. The van der Waals surface area contributed by atoms with Crippen molar-refractivity contribution in [2.24, 2.45) is 5.84 Å². The zero-order valence-corrected chi connectivity index (χ0v) is 9.48. The highest BCUT2D eigenvalue weighted by Crippen LogP contribution is 2.20. The normalized spacial score (nSPS) is 12.4. The Labute approximate surface area is 103 Å². The van der Waals surface area contributed by atoms with Gasteiger partial charge in [-0.25, -0.2) is 18.7 Å². The van der Waals surface area contributed by atoms with Crippen LogP contribution in [0.5, 0.6) is 0 Å². The second-order valence-electron chi connectivity index (χ2n) is 3.80. The van der Waals surface area contributed by atoms with E-state index in [4.69, 9.17) is 5.84 Å². The highest BCUT2D eigenvalue weighted by Gasteiger charge is 2.16. The van der Waals surface area contributed by atoms with Gasteiger partial charge in [-0.15, -0.1) is 0 Å². The Morgan fingerprint density at radius 3 is 2.33 bits per heavy atom. The van der Waals surface area contributed by atoms with Crippen LogP contribution in [0.25, 0.3) is 0 Å². The lowest BCUT2D eigenvalue weighted by molar-refractivity contribution is 0.498. The van der Waals surface area contributed by atoms with E-state index in [9.17, 15) is 8.78 Å². The zero-order valence-electron chi connectivity index (χ0n) is 9.48. The first-order chi connectivity index (χ1) is 8.72. The van der Waals surface area contributed by atoms with Crippen LogP contribution in [0.4, 0.5) is 8.78 Å². The van der Waals surface area contributed by atoms with Gasteiger partial charge in [-0.2, -0.15) is 0 Å². The van der Waals surface area contributed by atoms with Gasteiger partial charge in [0.2, 0.25) is 0 Å². The molecule has 94 valence electrons. The molecule has 18 heavy (non-hydrogen) atoms. The number of rotatable bonds is 4. The van der Waals surface area contributed by atoms with E-state index in [0.717, 1.165) is 0 Å². The Balaban J connectivity index is 2.26. The van der Waals surface area contributed by atoms with Crippen molar-refractivity contribution in [3.8, 4) is 0 Å². The molecule has 0 aliphatic rings. The van der Waals surface area contributed by atoms with Crippen LogP contribution >= 0.6 is 0 Å². The van der Waals surface area contributed by atoms with Gasteiger partial charge in [0.1, 0.15) is 18.0 Å². The number of benzene rings is 1. The van der Waals surface area contributed by atoms with E-state index in [-0.39, 0.29) is 12.0 Å². The summed E-state index contributed by atoms with van der Waals surface area (Å²) >= 11 is 0. The fourth-order valence-corrected chi connectivity index (χ4v) is 1.70. The van der Waals surface area contributed by atoms with Gasteiger partial charge < -0.3 is 0 Å². The molecule has 1 aromatic heterocycles. The van der Waals surface area contributed by atoms with Crippen molar-refractivity contribution >= 4 is 0 Å². The molecule has 0 spiro atoms. The number of hydrazine groups is 1. The molecule has 0 aliphatic carbocycles. The van der Waals surface area contributed by atoms with Crippen LogP contribution in [0.2, 0.25) is 0 Å². The molecule has 0 saturated heterocycles. The molecule has 1 heterocycles. The van der Waals surface area contributed by atoms with E-state index in [0.29, 0.717) is 5.56 Å². The molecule has 0 bridgehead atoms. The highest BCUT2D eigenvalue weighted by molar-refractivity contribution is 5.23. The van der Waals surface area contributed by atoms with Gasteiger partial charge in [0.15, 0.2) is 0 Å². The SMILES string of the molecule is NNC(Cc1c(F)cccc1F)c1cncnc1. The van der Waals surface area contributed by atoms with Gasteiger partial charge in [0, 0.05) is 23.5 Å². The first-order valence-electron chi connectivity index (χ1n) is 5.36. The average Bonchev–Trinajstić information content (AvgIpc) is 2.40. The maximum atomic E-state index is 13.5. The fourth-order valence-electron chi connectivity index (χ4n) is 1.70. The molecule has 0 saturated carbocycles. The third-order valence-corrected chi connectivity index (χ3v) is 2.65. The van der Waals surface area contributed by atoms with Crippen LogP contribution in [-0.4, -0.2) is 9.97 Å². The molecule has 6 heteroatoms. The number of hydrogen-bond acceptors (Lipinski definition) is 4. The Hall–Kier alpha value is -1.92. The van der Waals surface area contributed by atoms with Crippen LogP contribution in [0, 0.1) is 11.6 Å². The van der Waals surface area contributed by atoms with E-state index in [1.165, 1.54) is 24.5 Å². The largest absolute Gasteiger partial charge is 0.271 e. The first-order valence-corrected chi connectivity index (χ1v) is 5.36. The van der Waals surface area contributed by atoms with E-state index in [1.807, 2.05) is 0 Å². The molecular weight excluding hydrogens is 238 g/mol. The number of halogens is 2. The van der Waals surface area contributed by atoms with Gasteiger partial charge in [-0.1, -0.05) is 6.07 Å². The van der Waals surface area contributed by atoms with Crippen molar-refractivity contribution in [2.75, 3.05) is 0 Å². The maximum Gasteiger partial charge on any atom is 0.129 e. The number of nitrogens with zero attached hydrogens (tertiary/aromatic N) is 2. The molecule has 0 fully saturated rings. The van der Waals surface area contributed by atoms with Crippen molar-refractivity contribution in [1.82, 2.24) is 15.4 Å². The summed E-state index contributed by atoms with van der Waals surface area (Å²) in [6.07, 6.45) is 4.57. The highest BCUT2D eigenvalue weighted by atomic mass is 19.1. The minimum absolute atomic E-state index is 0.00990. The van der Waals surface area contributed by atoms with E-state index in [2.05, 4.69) is 15.4 Å². The Morgan fingerprint density at radius 2 is 1.78 bits per heavy atom. The van der Waals surface area contributed by atoms with Crippen LogP contribution < -0.4 is 11.3 Å². The molecule has 1 unspecified atom stereocenters. The lowest BCUT2D eigenvalue weighted by Gasteiger charge is -2.16. The summed E-state index contributed by atoms with van der Waals surface area (Å²) in [6, 6.07) is 3.31. The molecule has 1 aromatic carbocycles. The Kier molecular flexibility index (Phi) is 3.91. The number of nitrogens with one attached hydrogen (secondary N) is 1. The second-order valence-corrected chi connectivity index (χ2v) is 3.80. The van der Waals surface area contributed by atoms with Crippen LogP contribution in [0.15, 0.2) is 36.9 Å². The van der Waals surface area contributed by atoms with Crippen molar-refractivity contribution in [3.63, 3.8) is 0 Å². The van der Waals surface area contributed by atoms with Crippen molar-refractivity contribution in [1.29, 1.82) is 0 Å². The molecule has 1 atom stereocenters. The van der Waals surface area contributed by atoms with Crippen LogP contribution in [0.1, 0.15) is 17.2 Å². The van der Waals surface area contributed by atoms with Gasteiger partial charge in [-0.3, -0.25) is 11.3 Å². The van der Waals surface area contributed by atoms with Gasteiger partial charge >= 0.3 is 0 Å². The second kappa shape index (κ2) is 5.61. The number of hydrogen-bond donors (Lipinski definition) is 2. The fraction of sp³-hybridized carbons (Fsp3) is 0.167. The van der Waals surface area contributed by atoms with Gasteiger partial charge in [0.25, 0.3) is 0 Å². The molecule has 2 aromatic rings. The first kappa shape index (κ1) is 12.5. The minimum Gasteiger partial charge on any atom is -0.271 e. The predicted octanol–water partition coefficient (Wildman–Crippen LogP) is 1.50. The molecule has 0 aliphatic heterocycles. The minimum atomic E-state index is -0.591. The quantitative estimate of drug-likeness (QED) is 0.637. The topological polar surface area (TPSA) is 63.8 Å². The van der Waals surface area contributed by atoms with Gasteiger partial charge in [0.05, 0.1) is 6.04 Å². The van der Waals surface area contributed by atoms with Gasteiger partial charge in [-0.05, 0) is 18.6 Å². The van der Waals surface area contributed by atoms with E-state index < -0.39 is 17.7 Å². The van der Waals surface area contributed by atoms with Crippen molar-refractivity contribution in [2.45, 2.75) is 12.5 Å². The Bertz CT molecular complexity index is 498. The standard InChI is InChI=1S/C12H12F2N4/c13-10-2-1-3-11(14)9(10)4-12(18-15)8-5-16-7-17-6-8/h1-3,5-7,12,18H,4,15H2. The predicted molar refractivity (Wildman–Crippen MR) is 62.2 cm³/mol. The Morgan fingerprint density at radius 1 is 1.17 bits per heavy atom. The van der Waals surface area contributed by atoms with Crippen molar-refractivity contribution in [3.05, 3.63) is 59.7 Å². The summed E-state index contributed by atoms with van der Waals surface area (Å²) in [7, 11) is 0. The number of aromatic nitrogens is 2. The smallest absolute Gasteiger partial charge is 0.129 e. The molecule has 4 nitrogen and oxygen atoms in total. The average molecular weight is 250 g/mol. The van der Waals surface area contributed by atoms with Crippen LogP contribution in [-0.2, 0) is 6.42 Å². The number of nitrogens with two attached hydrogens (primary N) is 1. The zero-order chi connectivity index (χ0) is 13.0. The lowest BCUT2D eigenvalue weighted by Crippen LogP contribution is -2.30. The summed E-state index contributed by atoms with van der Waals surface area (Å²) < 4.78 is 27.0. The summed E-state index contributed by atoms with van der Waals surface area (Å²) in [5.74, 6) is 4.22. The summed E-state index contributed by atoms with van der Waals surface area (Å²) in [6.45, 7) is 0. The summed E-state index contributed by atoms with van der Waals surface area (Å²) in [5, 5.41) is 0. The summed E-state index contributed by atoms with van der Waals surface area (Å²) in [5.41, 5.74) is 3.17. The molecular formula is C12H12F2N4. The lowest BCUT2D eigenvalue weighted by atomic mass is 10.0.